The Morgan fingerprint density at radius 1 is 0.903 bits per heavy atom. The van der Waals surface area contributed by atoms with Crippen molar-refractivity contribution in [2.45, 2.75) is 38.7 Å². The summed E-state index contributed by atoms with van der Waals surface area (Å²) in [6, 6.07) is 15.3. The Labute approximate surface area is 187 Å². The summed E-state index contributed by atoms with van der Waals surface area (Å²) in [4.78, 5) is 1.45. The van der Waals surface area contributed by atoms with E-state index in [4.69, 9.17) is 4.74 Å². The Hall–Kier alpha value is -2.09. The third kappa shape index (κ3) is 7.23. The second kappa shape index (κ2) is 11.5. The molecule has 2 N–H and O–H groups in total. The molecule has 172 valence electrons. The van der Waals surface area contributed by atoms with Gasteiger partial charge >= 0.3 is 0 Å². The monoisotopic (exact) mass is 449 g/mol. The average Bonchev–Trinajstić information content (AvgIpc) is 2.71. The molecule has 6 nitrogen and oxygen atoms in total. The smallest absolute Gasteiger partial charge is 0.264 e. The van der Waals surface area contributed by atoms with Crippen molar-refractivity contribution >= 4 is 15.7 Å². The predicted octanol–water partition coefficient (Wildman–Crippen LogP) is 2.45. The molecule has 1 atom stereocenters. The van der Waals surface area contributed by atoms with Gasteiger partial charge in [-0.2, -0.15) is 0 Å². The van der Waals surface area contributed by atoms with Crippen molar-refractivity contribution in [1.82, 2.24) is 0 Å². The molecule has 0 radical (unpaired) electrons. The van der Waals surface area contributed by atoms with E-state index in [1.165, 1.54) is 16.3 Å². The van der Waals surface area contributed by atoms with Gasteiger partial charge in [0.25, 0.3) is 10.0 Å². The van der Waals surface area contributed by atoms with Gasteiger partial charge in [0.05, 0.1) is 37.3 Å². The number of hydrogen-bond donors (Lipinski definition) is 2. The molecule has 0 bridgehead atoms. The van der Waals surface area contributed by atoms with E-state index >= 15 is 0 Å². The van der Waals surface area contributed by atoms with Gasteiger partial charge in [0.15, 0.2) is 0 Å². The molecule has 0 heterocycles. The van der Waals surface area contributed by atoms with Crippen LogP contribution in [0, 0.1) is 11.8 Å². The number of hydrogen-bond acceptors (Lipinski definition) is 4. The minimum absolute atomic E-state index is 0.0444. The molecule has 0 saturated carbocycles. The summed E-state index contributed by atoms with van der Waals surface area (Å²) < 4.78 is 33.8. The van der Waals surface area contributed by atoms with Gasteiger partial charge < -0.3 is 14.7 Å². The number of benzene rings is 2. The van der Waals surface area contributed by atoms with E-state index in [1.807, 2.05) is 0 Å². The van der Waals surface area contributed by atoms with E-state index < -0.39 is 16.1 Å². The number of ether oxygens (including phenoxy) is 1. The number of methoxy groups -OCH3 is 1. The lowest BCUT2D eigenvalue weighted by Crippen LogP contribution is -3.14. The molecule has 0 amide bonds. The maximum atomic E-state index is 13.5. The lowest BCUT2D eigenvalue weighted by atomic mass is 10.1. The summed E-state index contributed by atoms with van der Waals surface area (Å²) in [7, 11) is -2.37. The molecule has 0 aliphatic carbocycles. The standard InChI is InChI=1S/C24H36N2O4S/c1-19(2)15-25(16-20(3)4)17-21(27)18-26(23-13-9-10-14-24(23)30-5)31(28,29)22-11-7-6-8-12-22/h6-14,19-21,27H,15-18H2,1-5H3/p+1. The van der Waals surface area contributed by atoms with Crippen LogP contribution in [-0.4, -0.2) is 52.9 Å². The zero-order chi connectivity index (χ0) is 23.0. The molecule has 31 heavy (non-hydrogen) atoms. The lowest BCUT2D eigenvalue weighted by molar-refractivity contribution is -0.909. The van der Waals surface area contributed by atoms with Crippen LogP contribution < -0.4 is 13.9 Å². The number of quaternary nitrogens is 1. The highest BCUT2D eigenvalue weighted by Crippen LogP contribution is 2.32. The largest absolute Gasteiger partial charge is 0.495 e. The molecule has 1 unspecified atom stereocenters. The van der Waals surface area contributed by atoms with E-state index in [2.05, 4.69) is 27.7 Å². The first-order valence-corrected chi connectivity index (χ1v) is 12.3. The minimum atomic E-state index is -3.88. The van der Waals surface area contributed by atoms with Gasteiger partial charge in [-0.05, 0) is 24.3 Å². The van der Waals surface area contributed by atoms with Crippen LogP contribution >= 0.6 is 0 Å². The first-order chi connectivity index (χ1) is 14.6. The van der Waals surface area contributed by atoms with Crippen LogP contribution in [0.15, 0.2) is 59.5 Å². The normalized spacial score (nSPS) is 13.1. The van der Waals surface area contributed by atoms with Crippen molar-refractivity contribution in [2.24, 2.45) is 11.8 Å². The summed E-state index contributed by atoms with van der Waals surface area (Å²) in [5.74, 6) is 1.42. The van der Waals surface area contributed by atoms with Crippen LogP contribution in [0.1, 0.15) is 27.7 Å². The molecule has 0 saturated heterocycles. The van der Waals surface area contributed by atoms with Gasteiger partial charge in [-0.25, -0.2) is 8.42 Å². The molecule has 0 aliphatic heterocycles. The molecule has 2 aromatic carbocycles. The number of nitrogens with zero attached hydrogens (tertiary/aromatic N) is 1. The fourth-order valence-electron chi connectivity index (χ4n) is 3.88. The third-order valence-corrected chi connectivity index (χ3v) is 6.77. The summed E-state index contributed by atoms with van der Waals surface area (Å²) >= 11 is 0. The number of anilines is 1. The molecule has 0 aromatic heterocycles. The van der Waals surface area contributed by atoms with Gasteiger partial charge in [-0.15, -0.1) is 0 Å². The number of rotatable bonds is 12. The summed E-state index contributed by atoms with van der Waals surface area (Å²) in [5.41, 5.74) is 0.419. The number of nitrogens with one attached hydrogen (secondary N) is 1. The Bertz CT molecular complexity index is 891. The maximum absolute atomic E-state index is 13.5. The fraction of sp³-hybridized carbons (Fsp3) is 0.500. The highest BCUT2D eigenvalue weighted by Gasteiger charge is 2.30. The molecular weight excluding hydrogens is 412 g/mol. The molecule has 0 spiro atoms. The van der Waals surface area contributed by atoms with Crippen molar-refractivity contribution in [2.75, 3.05) is 37.6 Å². The minimum Gasteiger partial charge on any atom is -0.495 e. The zero-order valence-electron chi connectivity index (χ0n) is 19.3. The van der Waals surface area contributed by atoms with Crippen molar-refractivity contribution in [3.05, 3.63) is 54.6 Å². The highest BCUT2D eigenvalue weighted by atomic mass is 32.2. The SMILES string of the molecule is COc1ccccc1N(CC(O)C[NH+](CC(C)C)CC(C)C)S(=O)(=O)c1ccccc1. The van der Waals surface area contributed by atoms with E-state index in [0.717, 1.165) is 13.1 Å². The number of sulfonamides is 1. The number of aliphatic hydroxyl groups excluding tert-OH is 1. The van der Waals surface area contributed by atoms with E-state index in [-0.39, 0.29) is 11.4 Å². The summed E-state index contributed by atoms with van der Waals surface area (Å²) in [5, 5.41) is 11.0. The Morgan fingerprint density at radius 3 is 2.00 bits per heavy atom. The molecular formula is C24H37N2O4S+. The highest BCUT2D eigenvalue weighted by molar-refractivity contribution is 7.92. The van der Waals surface area contributed by atoms with Crippen molar-refractivity contribution in [1.29, 1.82) is 0 Å². The molecule has 0 aliphatic rings. The van der Waals surface area contributed by atoms with Crippen molar-refractivity contribution in [3.8, 4) is 5.75 Å². The molecule has 2 aromatic rings. The van der Waals surface area contributed by atoms with Gasteiger partial charge in [0, 0.05) is 11.8 Å². The fourth-order valence-corrected chi connectivity index (χ4v) is 5.41. The van der Waals surface area contributed by atoms with Gasteiger partial charge in [-0.3, -0.25) is 4.31 Å². The molecule has 0 fully saturated rings. The first-order valence-electron chi connectivity index (χ1n) is 10.9. The van der Waals surface area contributed by atoms with Crippen LogP contribution in [-0.2, 0) is 10.0 Å². The third-order valence-electron chi connectivity index (χ3n) is 4.98. The Morgan fingerprint density at radius 2 is 1.45 bits per heavy atom. The second-order valence-corrected chi connectivity index (χ2v) is 10.7. The van der Waals surface area contributed by atoms with Gasteiger partial charge in [0.2, 0.25) is 0 Å². The second-order valence-electron chi connectivity index (χ2n) is 8.82. The molecule has 7 heteroatoms. The van der Waals surface area contributed by atoms with Crippen molar-refractivity contribution < 1.29 is 23.2 Å². The van der Waals surface area contributed by atoms with Gasteiger partial charge in [-0.1, -0.05) is 58.0 Å². The van der Waals surface area contributed by atoms with Crippen LogP contribution in [0.4, 0.5) is 5.69 Å². The van der Waals surface area contributed by atoms with E-state index in [0.29, 0.717) is 29.8 Å². The van der Waals surface area contributed by atoms with Crippen molar-refractivity contribution in [3.63, 3.8) is 0 Å². The Kier molecular flexibility index (Phi) is 9.34. The first kappa shape index (κ1) is 25.2. The summed E-state index contributed by atoms with van der Waals surface area (Å²) in [6.45, 7) is 10.9. The average molecular weight is 450 g/mol. The van der Waals surface area contributed by atoms with Gasteiger partial charge in [0.1, 0.15) is 18.4 Å². The van der Waals surface area contributed by atoms with Crippen LogP contribution in [0.3, 0.4) is 0 Å². The van der Waals surface area contributed by atoms with Crippen LogP contribution in [0.25, 0.3) is 0 Å². The molecule has 2 rings (SSSR count). The van der Waals surface area contributed by atoms with E-state index in [9.17, 15) is 13.5 Å². The predicted molar refractivity (Wildman–Crippen MR) is 125 cm³/mol. The quantitative estimate of drug-likeness (QED) is 0.522. The Balaban J connectivity index is 2.37. The number of aliphatic hydroxyl groups is 1. The number of para-hydroxylation sites is 2. The van der Waals surface area contributed by atoms with Crippen LogP contribution in [0.2, 0.25) is 0 Å². The lowest BCUT2D eigenvalue weighted by Gasteiger charge is -2.30. The maximum Gasteiger partial charge on any atom is 0.264 e. The topological polar surface area (TPSA) is 71.3 Å². The van der Waals surface area contributed by atoms with E-state index in [1.54, 1.807) is 54.6 Å². The zero-order valence-corrected chi connectivity index (χ0v) is 20.1. The summed E-state index contributed by atoms with van der Waals surface area (Å²) in [6.07, 6.45) is -0.823. The van der Waals surface area contributed by atoms with Crippen LogP contribution in [0.5, 0.6) is 5.75 Å².